The highest BCUT2D eigenvalue weighted by atomic mass is 79.9. The number of carbonyl (C=O) groups is 2. The minimum absolute atomic E-state index is 0.0937. The topological polar surface area (TPSA) is 79.8 Å². The number of nitrogens with one attached hydrogen (secondary N) is 2. The van der Waals surface area contributed by atoms with Gasteiger partial charge >= 0.3 is 11.8 Å². The van der Waals surface area contributed by atoms with Crippen LogP contribution in [0.25, 0.3) is 0 Å². The van der Waals surface area contributed by atoms with Gasteiger partial charge in [-0.05, 0) is 31.0 Å². The number of methoxy groups -OCH3 is 1. The highest BCUT2D eigenvalue weighted by Crippen LogP contribution is 2.21. The number of rotatable bonds is 4. The number of hydrogen-bond donors (Lipinski definition) is 2. The molecule has 0 spiro atoms. The zero-order chi connectivity index (χ0) is 16.7. The standard InChI is InChI=1S/C16H20BrN3O3/c1-23-14-8-7-12(17)9-11(14)10-18-20-16(22)15(21)19-13-5-3-2-4-6-13/h7-10,13H,2-6H2,1H3,(H,19,21)(H,20,22)/b18-10-. The van der Waals surface area contributed by atoms with E-state index in [1.165, 1.54) is 12.6 Å². The summed E-state index contributed by atoms with van der Waals surface area (Å²) in [6.07, 6.45) is 6.67. The van der Waals surface area contributed by atoms with E-state index in [9.17, 15) is 9.59 Å². The van der Waals surface area contributed by atoms with E-state index in [-0.39, 0.29) is 6.04 Å². The van der Waals surface area contributed by atoms with Crippen LogP contribution in [0.1, 0.15) is 37.7 Å². The molecule has 1 aromatic carbocycles. The number of amides is 2. The lowest BCUT2D eigenvalue weighted by molar-refractivity contribution is -0.139. The number of carbonyl (C=O) groups excluding carboxylic acids is 2. The van der Waals surface area contributed by atoms with Crippen LogP contribution in [0.4, 0.5) is 0 Å². The predicted molar refractivity (Wildman–Crippen MR) is 91.4 cm³/mol. The minimum Gasteiger partial charge on any atom is -0.496 e. The van der Waals surface area contributed by atoms with Gasteiger partial charge in [-0.25, -0.2) is 5.43 Å². The second-order valence-electron chi connectivity index (χ2n) is 5.39. The van der Waals surface area contributed by atoms with Crippen LogP contribution in [-0.2, 0) is 9.59 Å². The zero-order valence-corrected chi connectivity index (χ0v) is 14.6. The van der Waals surface area contributed by atoms with Gasteiger partial charge in [0, 0.05) is 16.1 Å². The Labute approximate surface area is 143 Å². The number of hydrazone groups is 1. The molecule has 1 aromatic rings. The van der Waals surface area contributed by atoms with Crippen molar-refractivity contribution < 1.29 is 14.3 Å². The first-order chi connectivity index (χ1) is 11.1. The van der Waals surface area contributed by atoms with E-state index in [2.05, 4.69) is 31.8 Å². The molecule has 1 aliphatic carbocycles. The van der Waals surface area contributed by atoms with E-state index in [0.717, 1.165) is 30.2 Å². The monoisotopic (exact) mass is 381 g/mol. The van der Waals surface area contributed by atoms with Crippen LogP contribution >= 0.6 is 15.9 Å². The lowest BCUT2D eigenvalue weighted by atomic mass is 9.95. The van der Waals surface area contributed by atoms with Crippen molar-refractivity contribution in [2.45, 2.75) is 38.1 Å². The molecule has 7 heteroatoms. The van der Waals surface area contributed by atoms with Crippen molar-refractivity contribution in [2.24, 2.45) is 5.10 Å². The Hall–Kier alpha value is -1.89. The van der Waals surface area contributed by atoms with Gasteiger partial charge in [0.15, 0.2) is 0 Å². The van der Waals surface area contributed by atoms with E-state index in [0.29, 0.717) is 11.3 Å². The van der Waals surface area contributed by atoms with Gasteiger partial charge < -0.3 is 10.1 Å². The SMILES string of the molecule is COc1ccc(Br)cc1/C=N\NC(=O)C(=O)NC1CCCCC1. The summed E-state index contributed by atoms with van der Waals surface area (Å²) in [5.74, 6) is -0.783. The normalized spacial score (nSPS) is 15.4. The molecule has 0 radical (unpaired) electrons. The molecular weight excluding hydrogens is 362 g/mol. The third kappa shape index (κ3) is 5.35. The Morgan fingerprint density at radius 1 is 1.26 bits per heavy atom. The molecule has 6 nitrogen and oxygen atoms in total. The average molecular weight is 382 g/mol. The summed E-state index contributed by atoms with van der Waals surface area (Å²) in [7, 11) is 1.55. The van der Waals surface area contributed by atoms with Crippen LogP contribution in [0.3, 0.4) is 0 Å². The van der Waals surface area contributed by atoms with Gasteiger partial charge in [0.1, 0.15) is 5.75 Å². The molecule has 0 aliphatic heterocycles. The molecule has 124 valence electrons. The number of hydrogen-bond acceptors (Lipinski definition) is 4. The molecule has 0 unspecified atom stereocenters. The summed E-state index contributed by atoms with van der Waals surface area (Å²) >= 11 is 3.36. The van der Waals surface area contributed by atoms with Gasteiger partial charge in [0.2, 0.25) is 0 Å². The maximum atomic E-state index is 11.8. The minimum atomic E-state index is -0.763. The fourth-order valence-electron chi connectivity index (χ4n) is 2.52. The van der Waals surface area contributed by atoms with E-state index >= 15 is 0 Å². The first kappa shape index (κ1) is 17.5. The second-order valence-corrected chi connectivity index (χ2v) is 6.31. The lowest BCUT2D eigenvalue weighted by Crippen LogP contribution is -2.44. The summed E-state index contributed by atoms with van der Waals surface area (Å²) in [6.45, 7) is 0. The molecule has 0 heterocycles. The summed E-state index contributed by atoms with van der Waals surface area (Å²) in [6, 6.07) is 5.52. The summed E-state index contributed by atoms with van der Waals surface area (Å²) in [5.41, 5.74) is 2.93. The van der Waals surface area contributed by atoms with Crippen molar-refractivity contribution in [3.8, 4) is 5.75 Å². The number of halogens is 1. The molecule has 2 amide bonds. The van der Waals surface area contributed by atoms with Crippen molar-refractivity contribution in [3.63, 3.8) is 0 Å². The number of ether oxygens (including phenoxy) is 1. The fourth-order valence-corrected chi connectivity index (χ4v) is 2.89. The first-order valence-corrected chi connectivity index (χ1v) is 8.37. The predicted octanol–water partition coefficient (Wildman–Crippen LogP) is 2.36. The third-order valence-corrected chi connectivity index (χ3v) is 4.20. The van der Waals surface area contributed by atoms with Gasteiger partial charge in [-0.15, -0.1) is 0 Å². The van der Waals surface area contributed by atoms with Crippen LogP contribution in [0, 0.1) is 0 Å². The smallest absolute Gasteiger partial charge is 0.329 e. The maximum absolute atomic E-state index is 11.8. The molecule has 1 saturated carbocycles. The second kappa shape index (κ2) is 8.67. The Kier molecular flexibility index (Phi) is 6.58. The largest absolute Gasteiger partial charge is 0.496 e. The Morgan fingerprint density at radius 2 is 2.00 bits per heavy atom. The molecule has 0 atom stereocenters. The first-order valence-electron chi connectivity index (χ1n) is 7.57. The van der Waals surface area contributed by atoms with Crippen molar-refractivity contribution >= 4 is 34.0 Å². The number of benzene rings is 1. The Morgan fingerprint density at radius 3 is 2.70 bits per heavy atom. The lowest BCUT2D eigenvalue weighted by Gasteiger charge is -2.22. The van der Waals surface area contributed by atoms with Gasteiger partial charge in [-0.1, -0.05) is 35.2 Å². The van der Waals surface area contributed by atoms with Crippen molar-refractivity contribution in [3.05, 3.63) is 28.2 Å². The van der Waals surface area contributed by atoms with Gasteiger partial charge in [0.25, 0.3) is 0 Å². The Bertz CT molecular complexity index is 598. The summed E-state index contributed by atoms with van der Waals surface area (Å²) in [5, 5.41) is 6.56. The molecule has 1 aliphatic rings. The summed E-state index contributed by atoms with van der Waals surface area (Å²) < 4.78 is 6.06. The van der Waals surface area contributed by atoms with Crippen molar-refractivity contribution in [2.75, 3.05) is 7.11 Å². The van der Waals surface area contributed by atoms with Crippen LogP contribution in [0.5, 0.6) is 5.75 Å². The molecule has 1 fully saturated rings. The van der Waals surface area contributed by atoms with Crippen molar-refractivity contribution in [1.82, 2.24) is 10.7 Å². The Balaban J connectivity index is 1.88. The van der Waals surface area contributed by atoms with Gasteiger partial charge in [0.05, 0.1) is 13.3 Å². The van der Waals surface area contributed by atoms with E-state index in [1.807, 2.05) is 6.07 Å². The van der Waals surface area contributed by atoms with Gasteiger partial charge in [-0.3, -0.25) is 9.59 Å². The van der Waals surface area contributed by atoms with Crippen LogP contribution < -0.4 is 15.5 Å². The van der Waals surface area contributed by atoms with Crippen LogP contribution in [0.15, 0.2) is 27.8 Å². The number of nitrogens with zero attached hydrogens (tertiary/aromatic N) is 1. The highest BCUT2D eigenvalue weighted by molar-refractivity contribution is 9.10. The third-order valence-electron chi connectivity index (χ3n) is 3.71. The van der Waals surface area contributed by atoms with Crippen LogP contribution in [-0.4, -0.2) is 31.2 Å². The molecule has 23 heavy (non-hydrogen) atoms. The van der Waals surface area contributed by atoms with Crippen LogP contribution in [0.2, 0.25) is 0 Å². The fraction of sp³-hybridized carbons (Fsp3) is 0.438. The van der Waals surface area contributed by atoms with E-state index < -0.39 is 11.8 Å². The van der Waals surface area contributed by atoms with E-state index in [1.54, 1.807) is 19.2 Å². The molecular formula is C16H20BrN3O3. The van der Waals surface area contributed by atoms with E-state index in [4.69, 9.17) is 4.74 Å². The maximum Gasteiger partial charge on any atom is 0.329 e. The summed E-state index contributed by atoms with van der Waals surface area (Å²) in [4.78, 5) is 23.6. The molecule has 2 rings (SSSR count). The van der Waals surface area contributed by atoms with Crippen molar-refractivity contribution in [1.29, 1.82) is 0 Å². The highest BCUT2D eigenvalue weighted by Gasteiger charge is 2.19. The zero-order valence-electron chi connectivity index (χ0n) is 13.0. The van der Waals surface area contributed by atoms with Gasteiger partial charge in [-0.2, -0.15) is 5.10 Å². The average Bonchev–Trinajstić information content (AvgIpc) is 2.56. The molecule has 2 N–H and O–H groups in total. The molecule has 0 saturated heterocycles. The molecule has 0 aromatic heterocycles. The quantitative estimate of drug-likeness (QED) is 0.477. The molecule has 0 bridgehead atoms.